The van der Waals surface area contributed by atoms with Crippen molar-refractivity contribution >= 4 is 21.4 Å². The Kier molecular flexibility index (Phi) is 4.92. The highest BCUT2D eigenvalue weighted by atomic mass is 35.5. The Morgan fingerprint density at radius 1 is 1.07 bits per heavy atom. The van der Waals surface area contributed by atoms with E-state index in [4.69, 9.17) is 16.1 Å². The van der Waals surface area contributed by atoms with Gasteiger partial charge in [0.1, 0.15) is 10.4 Å². The molecule has 9 heteroatoms. The molecule has 0 aliphatic rings. The molecule has 0 atom stereocenters. The second kappa shape index (κ2) is 6.70. The van der Waals surface area contributed by atoms with Gasteiger partial charge in [-0.1, -0.05) is 37.5 Å². The topological polar surface area (TPSA) is 90.9 Å². The van der Waals surface area contributed by atoms with Gasteiger partial charge < -0.3 is 4.52 Å². The first-order valence-electron chi connectivity index (χ1n) is 8.73. The lowest BCUT2D eigenvalue weighted by Gasteiger charge is -2.21. The summed E-state index contributed by atoms with van der Waals surface area (Å²) in [5.74, 6) is 0.302. The number of aromatic nitrogens is 4. The van der Waals surface area contributed by atoms with Gasteiger partial charge in [-0.2, -0.15) is 10.1 Å². The van der Waals surface area contributed by atoms with Gasteiger partial charge in [-0.3, -0.25) is 4.68 Å². The summed E-state index contributed by atoms with van der Waals surface area (Å²) in [6, 6.07) is 7.89. The highest BCUT2D eigenvalue weighted by Crippen LogP contribution is 2.35. The molecule has 0 fully saturated rings. The predicted octanol–water partition coefficient (Wildman–Crippen LogP) is 4.13. The van der Waals surface area contributed by atoms with Crippen molar-refractivity contribution in [3.8, 4) is 11.6 Å². The lowest BCUT2D eigenvalue weighted by Crippen LogP contribution is -2.30. The van der Waals surface area contributed by atoms with Crippen LogP contribution in [0.5, 0.6) is 0 Å². The molecule has 0 bridgehead atoms. The summed E-state index contributed by atoms with van der Waals surface area (Å²) in [7, 11) is -1.99. The Morgan fingerprint density at radius 2 is 1.68 bits per heavy atom. The second-order valence-corrected chi connectivity index (χ2v) is 11.1. The fraction of sp³-hybridized carbons (Fsp3) is 0.421. The van der Waals surface area contributed by atoms with Gasteiger partial charge in [0, 0.05) is 17.5 Å². The maximum atomic E-state index is 13.1. The molecule has 0 radical (unpaired) electrons. The maximum Gasteiger partial charge on any atom is 0.276 e. The van der Waals surface area contributed by atoms with E-state index in [9.17, 15) is 8.42 Å². The average molecular weight is 423 g/mol. The first-order valence-corrected chi connectivity index (χ1v) is 10.6. The predicted molar refractivity (Wildman–Crippen MR) is 107 cm³/mol. The highest BCUT2D eigenvalue weighted by Gasteiger charge is 2.42. The van der Waals surface area contributed by atoms with E-state index in [0.717, 1.165) is 5.69 Å². The number of hydrogen-bond donors (Lipinski definition) is 0. The van der Waals surface area contributed by atoms with Crippen LogP contribution in [0.1, 0.15) is 46.1 Å². The largest absolute Gasteiger partial charge is 0.332 e. The second-order valence-electron chi connectivity index (χ2n) is 8.18. The van der Waals surface area contributed by atoms with Gasteiger partial charge in [0.15, 0.2) is 15.7 Å². The van der Waals surface area contributed by atoms with E-state index in [1.165, 1.54) is 24.3 Å². The van der Waals surface area contributed by atoms with Crippen molar-refractivity contribution in [1.82, 2.24) is 19.9 Å². The van der Waals surface area contributed by atoms with E-state index in [1.54, 1.807) is 25.6 Å². The summed E-state index contributed by atoms with van der Waals surface area (Å²) in [4.78, 5) is 4.52. The highest BCUT2D eigenvalue weighted by molar-refractivity contribution is 7.92. The van der Waals surface area contributed by atoms with E-state index >= 15 is 0 Å². The molecule has 3 aromatic rings. The van der Waals surface area contributed by atoms with Crippen molar-refractivity contribution in [3.05, 3.63) is 46.9 Å². The van der Waals surface area contributed by atoms with Crippen LogP contribution >= 0.6 is 11.6 Å². The first kappa shape index (κ1) is 20.5. The monoisotopic (exact) mass is 422 g/mol. The number of sulfone groups is 1. The number of benzene rings is 1. The van der Waals surface area contributed by atoms with Crippen molar-refractivity contribution < 1.29 is 12.9 Å². The van der Waals surface area contributed by atoms with Gasteiger partial charge in [-0.05, 0) is 44.2 Å². The van der Waals surface area contributed by atoms with E-state index in [2.05, 4.69) is 36.0 Å². The van der Waals surface area contributed by atoms with Crippen molar-refractivity contribution in [1.29, 1.82) is 0 Å². The molecule has 3 rings (SSSR count). The quantitative estimate of drug-likeness (QED) is 0.627. The lowest BCUT2D eigenvalue weighted by molar-refractivity contribution is 0.410. The average Bonchev–Trinajstić information content (AvgIpc) is 3.21. The molecule has 1 aromatic carbocycles. The summed E-state index contributed by atoms with van der Waals surface area (Å²) < 4.78 is 31.9. The Labute approximate surface area is 169 Å². The number of aryl methyl sites for hydroxylation is 1. The number of halogens is 1. The van der Waals surface area contributed by atoms with Crippen LogP contribution in [0.25, 0.3) is 11.6 Å². The maximum absolute atomic E-state index is 13.1. The minimum absolute atomic E-state index is 0.0796. The van der Waals surface area contributed by atoms with E-state index in [0.29, 0.717) is 10.7 Å². The number of nitrogens with zero attached hydrogens (tertiary/aromatic N) is 4. The molecule has 0 unspecified atom stereocenters. The molecule has 150 valence electrons. The van der Waals surface area contributed by atoms with Crippen molar-refractivity contribution in [2.45, 2.75) is 49.7 Å². The van der Waals surface area contributed by atoms with Crippen LogP contribution < -0.4 is 0 Å². The first-order chi connectivity index (χ1) is 12.8. The number of rotatable bonds is 4. The van der Waals surface area contributed by atoms with Gasteiger partial charge in [-0.15, -0.1) is 0 Å². The molecule has 0 saturated carbocycles. The van der Waals surface area contributed by atoms with Crippen LogP contribution in [0, 0.1) is 0 Å². The zero-order valence-electron chi connectivity index (χ0n) is 16.7. The zero-order chi connectivity index (χ0) is 20.9. The van der Waals surface area contributed by atoms with Crippen LogP contribution in [0.4, 0.5) is 0 Å². The van der Waals surface area contributed by atoms with E-state index in [1.807, 2.05) is 6.07 Å². The van der Waals surface area contributed by atoms with Gasteiger partial charge in [-0.25, -0.2) is 8.42 Å². The summed E-state index contributed by atoms with van der Waals surface area (Å²) in [6.07, 6.45) is 0. The molecule has 0 saturated heterocycles. The van der Waals surface area contributed by atoms with Crippen LogP contribution in [-0.2, 0) is 27.0 Å². The Morgan fingerprint density at radius 3 is 2.21 bits per heavy atom. The molecule has 0 spiro atoms. The molecule has 0 aliphatic heterocycles. The summed E-state index contributed by atoms with van der Waals surface area (Å²) in [6.45, 7) is 9.27. The lowest BCUT2D eigenvalue weighted by atomic mass is 9.92. The Hall–Kier alpha value is -2.19. The van der Waals surface area contributed by atoms with Crippen molar-refractivity contribution in [3.63, 3.8) is 0 Å². The molecule has 28 heavy (non-hydrogen) atoms. The molecular formula is C19H23ClN4O3S. The molecule has 7 nitrogen and oxygen atoms in total. The normalized spacial score (nSPS) is 13.1. The van der Waals surface area contributed by atoms with Crippen LogP contribution in [0.3, 0.4) is 0 Å². The van der Waals surface area contributed by atoms with Crippen LogP contribution in [0.2, 0.25) is 5.02 Å². The number of hydrogen-bond acceptors (Lipinski definition) is 6. The Balaban J connectivity index is 2.01. The molecule has 0 aliphatic carbocycles. The van der Waals surface area contributed by atoms with Gasteiger partial charge >= 0.3 is 0 Å². The minimum atomic E-state index is -3.77. The third kappa shape index (κ3) is 3.46. The third-order valence-electron chi connectivity index (χ3n) is 4.63. The molecule has 0 amide bonds. The summed E-state index contributed by atoms with van der Waals surface area (Å²) in [5, 5.41) is 8.91. The SMILES string of the molecule is Cn1nc(C(C)(C)C)cc1-c1nc(C(C)(C)S(=O)(=O)c2ccc(Cl)cc2)no1. The molecule has 0 N–H and O–H groups in total. The van der Waals surface area contributed by atoms with E-state index in [-0.39, 0.29) is 22.0 Å². The van der Waals surface area contributed by atoms with E-state index < -0.39 is 14.6 Å². The molecular weight excluding hydrogens is 400 g/mol. The zero-order valence-corrected chi connectivity index (χ0v) is 18.3. The van der Waals surface area contributed by atoms with Gasteiger partial charge in [0.2, 0.25) is 0 Å². The summed E-state index contributed by atoms with van der Waals surface area (Å²) >= 11 is 5.87. The minimum Gasteiger partial charge on any atom is -0.332 e. The fourth-order valence-corrected chi connectivity index (χ4v) is 4.17. The van der Waals surface area contributed by atoms with Crippen molar-refractivity contribution in [2.75, 3.05) is 0 Å². The van der Waals surface area contributed by atoms with Crippen LogP contribution in [0.15, 0.2) is 39.8 Å². The smallest absolute Gasteiger partial charge is 0.276 e. The standard InChI is InChI=1S/C19H23ClN4O3S/c1-18(2,3)15-11-14(24(6)22-15)16-21-17(23-27-16)19(4,5)28(25,26)13-9-7-12(20)8-10-13/h7-11H,1-6H3. The Bertz CT molecular complexity index is 1110. The van der Waals surface area contributed by atoms with Gasteiger partial charge in [0.05, 0.1) is 10.6 Å². The summed E-state index contributed by atoms with van der Waals surface area (Å²) in [5.41, 5.74) is 1.36. The molecule has 2 heterocycles. The third-order valence-corrected chi connectivity index (χ3v) is 7.30. The van der Waals surface area contributed by atoms with Gasteiger partial charge in [0.25, 0.3) is 5.89 Å². The fourth-order valence-electron chi connectivity index (χ4n) is 2.63. The molecule has 2 aromatic heterocycles. The van der Waals surface area contributed by atoms with Crippen LogP contribution in [-0.4, -0.2) is 28.3 Å². The van der Waals surface area contributed by atoms with Crippen molar-refractivity contribution in [2.24, 2.45) is 7.05 Å².